The number of carbonyl (C=O) groups is 2. The second-order valence-corrected chi connectivity index (χ2v) is 4.12. The first-order valence-electron chi connectivity index (χ1n) is 5.98. The maximum absolute atomic E-state index is 11.4. The van der Waals surface area contributed by atoms with Crippen LogP contribution in [0.5, 0.6) is 0 Å². The Kier molecular flexibility index (Phi) is 4.39. The van der Waals surface area contributed by atoms with E-state index in [1.807, 2.05) is 30.3 Å². The Morgan fingerprint density at radius 3 is 2.60 bits per heavy atom. The van der Waals surface area contributed by atoms with Crippen molar-refractivity contribution in [3.05, 3.63) is 54.5 Å². The van der Waals surface area contributed by atoms with Gasteiger partial charge in [0.05, 0.1) is 6.20 Å². The van der Waals surface area contributed by atoms with Crippen LogP contribution >= 0.6 is 0 Å². The number of benzene rings is 1. The number of aliphatic carboxylic acids is 1. The van der Waals surface area contributed by atoms with Gasteiger partial charge in [-0.15, -0.1) is 0 Å². The lowest BCUT2D eigenvalue weighted by atomic mass is 10.1. The molecule has 6 heteroatoms. The minimum Gasteiger partial charge on any atom is -0.480 e. The number of aromatic nitrogens is 2. The van der Waals surface area contributed by atoms with Crippen LogP contribution in [0.1, 0.15) is 5.56 Å². The van der Waals surface area contributed by atoms with E-state index >= 15 is 0 Å². The topological polar surface area (TPSA) is 83.4 Å². The van der Waals surface area contributed by atoms with E-state index < -0.39 is 12.0 Å². The molecule has 0 spiro atoms. The average Bonchev–Trinajstić information content (AvgIpc) is 2.49. The highest BCUT2D eigenvalue weighted by Crippen LogP contribution is 2.14. The Bertz CT molecular complexity index is 575. The Hall–Kier alpha value is -2.76. The molecule has 1 amide bonds. The normalized spacial score (nSPS) is 11.6. The molecule has 1 aromatic carbocycles. The van der Waals surface area contributed by atoms with Gasteiger partial charge in [-0.3, -0.25) is 14.7 Å². The molecule has 2 rings (SSSR count). The van der Waals surface area contributed by atoms with Gasteiger partial charge in [-0.1, -0.05) is 30.3 Å². The van der Waals surface area contributed by atoms with Gasteiger partial charge in [0.25, 0.3) is 0 Å². The third-order valence-corrected chi connectivity index (χ3v) is 2.82. The number of hydrogen-bond acceptors (Lipinski definition) is 4. The summed E-state index contributed by atoms with van der Waals surface area (Å²) in [6.45, 7) is 0. The van der Waals surface area contributed by atoms with Crippen molar-refractivity contribution in [2.75, 3.05) is 4.90 Å². The summed E-state index contributed by atoms with van der Waals surface area (Å²) in [7, 11) is 0. The summed E-state index contributed by atoms with van der Waals surface area (Å²) in [6, 6.07) is 8.10. The molecule has 102 valence electrons. The molecule has 6 nitrogen and oxygen atoms in total. The van der Waals surface area contributed by atoms with Gasteiger partial charge in [0.1, 0.15) is 6.04 Å². The molecule has 0 aliphatic rings. The van der Waals surface area contributed by atoms with Crippen LogP contribution < -0.4 is 4.90 Å². The van der Waals surface area contributed by atoms with Crippen molar-refractivity contribution in [1.82, 2.24) is 9.97 Å². The number of anilines is 1. The lowest BCUT2D eigenvalue weighted by Gasteiger charge is -2.23. The molecular weight excluding hydrogens is 258 g/mol. The van der Waals surface area contributed by atoms with Crippen LogP contribution in [0.15, 0.2) is 48.9 Å². The van der Waals surface area contributed by atoms with E-state index in [0.717, 1.165) is 10.5 Å². The smallest absolute Gasteiger partial charge is 0.327 e. The zero-order valence-electron chi connectivity index (χ0n) is 10.6. The van der Waals surface area contributed by atoms with Crippen LogP contribution in [0.4, 0.5) is 5.82 Å². The lowest BCUT2D eigenvalue weighted by Crippen LogP contribution is -2.42. The first kappa shape index (κ1) is 13.7. The first-order chi connectivity index (χ1) is 9.72. The van der Waals surface area contributed by atoms with E-state index in [-0.39, 0.29) is 12.2 Å². The van der Waals surface area contributed by atoms with Gasteiger partial charge < -0.3 is 5.11 Å². The molecule has 1 atom stereocenters. The van der Waals surface area contributed by atoms with Crippen LogP contribution in [0.2, 0.25) is 0 Å². The standard InChI is InChI=1S/C14H13N3O3/c18-10-17(13-9-15-6-7-16-13)12(14(19)20)8-11-4-2-1-3-5-11/h1-7,9-10,12H,8H2,(H,19,20)/t12-/m0/s1. The third-order valence-electron chi connectivity index (χ3n) is 2.82. The minimum absolute atomic E-state index is 0.200. The van der Waals surface area contributed by atoms with Crippen molar-refractivity contribution in [3.8, 4) is 0 Å². The van der Waals surface area contributed by atoms with E-state index in [0.29, 0.717) is 6.41 Å². The van der Waals surface area contributed by atoms with Crippen molar-refractivity contribution in [2.45, 2.75) is 12.5 Å². The molecule has 1 aromatic heterocycles. The van der Waals surface area contributed by atoms with E-state index in [2.05, 4.69) is 9.97 Å². The van der Waals surface area contributed by atoms with Gasteiger partial charge in [0, 0.05) is 18.8 Å². The number of amides is 1. The fourth-order valence-corrected chi connectivity index (χ4v) is 1.85. The Morgan fingerprint density at radius 1 is 1.30 bits per heavy atom. The zero-order valence-corrected chi connectivity index (χ0v) is 10.6. The van der Waals surface area contributed by atoms with Crippen LogP contribution in [0, 0.1) is 0 Å². The van der Waals surface area contributed by atoms with Crippen molar-refractivity contribution in [3.63, 3.8) is 0 Å². The summed E-state index contributed by atoms with van der Waals surface area (Å²) in [6.07, 6.45) is 4.89. The highest BCUT2D eigenvalue weighted by molar-refractivity contribution is 5.87. The lowest BCUT2D eigenvalue weighted by molar-refractivity contribution is -0.139. The second-order valence-electron chi connectivity index (χ2n) is 4.12. The van der Waals surface area contributed by atoms with Crippen LogP contribution in [0.3, 0.4) is 0 Å². The molecule has 0 fully saturated rings. The van der Waals surface area contributed by atoms with Crippen LogP contribution in [-0.2, 0) is 16.0 Å². The minimum atomic E-state index is -1.09. The molecule has 0 bridgehead atoms. The molecule has 2 aromatic rings. The van der Waals surface area contributed by atoms with Crippen molar-refractivity contribution < 1.29 is 14.7 Å². The van der Waals surface area contributed by atoms with Gasteiger partial charge in [-0.05, 0) is 5.56 Å². The van der Waals surface area contributed by atoms with E-state index in [9.17, 15) is 14.7 Å². The largest absolute Gasteiger partial charge is 0.480 e. The summed E-state index contributed by atoms with van der Waals surface area (Å²) in [5.41, 5.74) is 0.829. The van der Waals surface area contributed by atoms with Crippen molar-refractivity contribution in [1.29, 1.82) is 0 Å². The number of rotatable bonds is 6. The predicted molar refractivity (Wildman–Crippen MR) is 72.1 cm³/mol. The monoisotopic (exact) mass is 271 g/mol. The third kappa shape index (κ3) is 3.17. The number of carbonyl (C=O) groups excluding carboxylic acids is 1. The van der Waals surface area contributed by atoms with Crippen molar-refractivity contribution in [2.24, 2.45) is 0 Å². The summed E-state index contributed by atoms with van der Waals surface area (Å²) < 4.78 is 0. The summed E-state index contributed by atoms with van der Waals surface area (Å²) in [5.74, 6) is -0.877. The molecule has 1 heterocycles. The van der Waals surface area contributed by atoms with Crippen LogP contribution in [-0.4, -0.2) is 33.5 Å². The second kappa shape index (κ2) is 6.42. The predicted octanol–water partition coefficient (Wildman–Crippen LogP) is 1.14. The Labute approximate surface area is 115 Å². The average molecular weight is 271 g/mol. The maximum atomic E-state index is 11.4. The number of carboxylic acid groups (broad SMARTS) is 1. The van der Waals surface area contributed by atoms with Gasteiger partial charge >= 0.3 is 5.97 Å². The van der Waals surface area contributed by atoms with Crippen molar-refractivity contribution >= 4 is 18.2 Å². The van der Waals surface area contributed by atoms with Gasteiger partial charge in [0.2, 0.25) is 6.41 Å². The molecule has 1 N–H and O–H groups in total. The molecule has 0 aliphatic carbocycles. The SMILES string of the molecule is O=CN(c1cnccn1)[C@@H](Cc1ccccc1)C(=O)O. The maximum Gasteiger partial charge on any atom is 0.327 e. The summed E-state index contributed by atoms with van der Waals surface area (Å²) >= 11 is 0. The molecule has 20 heavy (non-hydrogen) atoms. The molecule has 0 unspecified atom stereocenters. The summed E-state index contributed by atoms with van der Waals surface area (Å²) in [5, 5.41) is 9.35. The highest BCUT2D eigenvalue weighted by Gasteiger charge is 2.27. The zero-order chi connectivity index (χ0) is 14.4. The molecule has 0 aliphatic heterocycles. The van der Waals surface area contributed by atoms with E-state index in [1.54, 1.807) is 0 Å². The number of carboxylic acids is 1. The summed E-state index contributed by atoms with van der Waals surface area (Å²) in [4.78, 5) is 31.5. The molecular formula is C14H13N3O3. The number of hydrogen-bond donors (Lipinski definition) is 1. The van der Waals surface area contributed by atoms with Gasteiger partial charge in [-0.25, -0.2) is 9.78 Å². The van der Waals surface area contributed by atoms with Gasteiger partial charge in [0.15, 0.2) is 5.82 Å². The Balaban J connectivity index is 2.27. The van der Waals surface area contributed by atoms with Gasteiger partial charge in [-0.2, -0.15) is 0 Å². The fourth-order valence-electron chi connectivity index (χ4n) is 1.85. The number of nitrogens with zero attached hydrogens (tertiary/aromatic N) is 3. The molecule has 0 radical (unpaired) electrons. The van der Waals surface area contributed by atoms with E-state index in [4.69, 9.17) is 0 Å². The quantitative estimate of drug-likeness (QED) is 0.796. The fraction of sp³-hybridized carbons (Fsp3) is 0.143. The first-order valence-corrected chi connectivity index (χ1v) is 5.98. The Morgan fingerprint density at radius 2 is 2.05 bits per heavy atom. The van der Waals surface area contributed by atoms with Crippen LogP contribution in [0.25, 0.3) is 0 Å². The highest BCUT2D eigenvalue weighted by atomic mass is 16.4. The molecule has 0 saturated carbocycles. The molecule has 0 saturated heterocycles. The van der Waals surface area contributed by atoms with E-state index in [1.165, 1.54) is 18.6 Å².